The van der Waals surface area contributed by atoms with Crippen LogP contribution < -0.4 is 4.74 Å². The molecule has 0 bridgehead atoms. The molecule has 0 amide bonds. The van der Waals surface area contributed by atoms with Crippen molar-refractivity contribution in [1.29, 1.82) is 0 Å². The molecule has 5 atom stereocenters. The molecule has 2 aromatic rings. The van der Waals surface area contributed by atoms with Crippen LogP contribution >= 0.6 is 0 Å². The van der Waals surface area contributed by atoms with Crippen LogP contribution in [0.4, 0.5) is 13.2 Å². The van der Waals surface area contributed by atoms with Crippen LogP contribution in [-0.4, -0.2) is 64.6 Å². The molecule has 7 nitrogen and oxygen atoms in total. The maximum atomic E-state index is 12.2. The van der Waals surface area contributed by atoms with Crippen molar-refractivity contribution in [3.8, 4) is 5.75 Å². The molecule has 0 spiro atoms. The summed E-state index contributed by atoms with van der Waals surface area (Å²) >= 11 is 0. The van der Waals surface area contributed by atoms with Gasteiger partial charge in [0, 0.05) is 21.3 Å². The lowest BCUT2D eigenvalue weighted by molar-refractivity contribution is -0.305. The van der Waals surface area contributed by atoms with E-state index in [1.165, 1.54) is 12.1 Å². The molecular formula is C25H28F3NO6. The van der Waals surface area contributed by atoms with Crippen LogP contribution in [0.2, 0.25) is 0 Å². The van der Waals surface area contributed by atoms with E-state index < -0.39 is 18.8 Å². The average Bonchev–Trinajstić information content (AvgIpc) is 2.83. The molecule has 0 radical (unpaired) electrons. The van der Waals surface area contributed by atoms with E-state index in [2.05, 4.69) is 9.89 Å². The predicted octanol–water partition coefficient (Wildman–Crippen LogP) is 4.90. The van der Waals surface area contributed by atoms with Crippen molar-refractivity contribution in [2.45, 2.75) is 44.0 Å². The van der Waals surface area contributed by atoms with E-state index in [0.717, 1.165) is 16.7 Å². The first kappa shape index (κ1) is 26.7. The maximum absolute atomic E-state index is 12.2. The van der Waals surface area contributed by atoms with Crippen LogP contribution in [0.15, 0.2) is 53.7 Å². The molecule has 2 aromatic carbocycles. The standard InChI is InChI=1S/C25H28F3NO6/c1-16-21(30-2)22(31-3)23(32-4)24(33-16)35-29-15-19-9-7-17(8-10-19)5-6-18-11-13-20(14-12-18)34-25(26,27)28/h5-16,21-24H,1-4H3/t16-,21-,22+,23+,24-/m0/s1. The van der Waals surface area contributed by atoms with Gasteiger partial charge < -0.3 is 28.5 Å². The molecule has 10 heteroatoms. The van der Waals surface area contributed by atoms with E-state index in [1.807, 2.05) is 37.3 Å². The molecule has 1 saturated heterocycles. The van der Waals surface area contributed by atoms with Crippen LogP contribution in [0.3, 0.4) is 0 Å². The predicted molar refractivity (Wildman–Crippen MR) is 124 cm³/mol. The van der Waals surface area contributed by atoms with Crippen molar-refractivity contribution in [3.05, 3.63) is 65.2 Å². The molecule has 0 saturated carbocycles. The number of nitrogens with zero attached hydrogens (tertiary/aromatic N) is 1. The van der Waals surface area contributed by atoms with Gasteiger partial charge in [0.1, 0.15) is 18.0 Å². The molecule has 3 rings (SSSR count). The highest BCUT2D eigenvalue weighted by Gasteiger charge is 2.46. The number of benzene rings is 2. The lowest BCUT2D eigenvalue weighted by atomic mass is 9.99. The van der Waals surface area contributed by atoms with Crippen molar-refractivity contribution in [2.24, 2.45) is 5.16 Å². The number of rotatable bonds is 9. The summed E-state index contributed by atoms with van der Waals surface area (Å²) in [6.45, 7) is 1.86. The summed E-state index contributed by atoms with van der Waals surface area (Å²) < 4.78 is 63.0. The van der Waals surface area contributed by atoms with E-state index in [9.17, 15) is 13.2 Å². The number of oxime groups is 1. The lowest BCUT2D eigenvalue weighted by Gasteiger charge is -2.42. The highest BCUT2D eigenvalue weighted by atomic mass is 19.4. The topological polar surface area (TPSA) is 67.7 Å². The van der Waals surface area contributed by atoms with Crippen molar-refractivity contribution in [2.75, 3.05) is 21.3 Å². The molecule has 1 heterocycles. The minimum absolute atomic E-state index is 0.262. The molecule has 0 unspecified atom stereocenters. The first-order chi connectivity index (χ1) is 16.7. The van der Waals surface area contributed by atoms with Gasteiger partial charge in [0.25, 0.3) is 6.29 Å². The Morgan fingerprint density at radius 2 is 1.29 bits per heavy atom. The summed E-state index contributed by atoms with van der Waals surface area (Å²) in [7, 11) is 4.71. The third-order valence-electron chi connectivity index (χ3n) is 5.43. The highest BCUT2D eigenvalue weighted by molar-refractivity contribution is 5.80. The largest absolute Gasteiger partial charge is 0.573 e. The van der Waals surface area contributed by atoms with Gasteiger partial charge in [-0.1, -0.05) is 53.7 Å². The van der Waals surface area contributed by atoms with Crippen molar-refractivity contribution in [3.63, 3.8) is 0 Å². The van der Waals surface area contributed by atoms with Gasteiger partial charge in [0.15, 0.2) is 6.10 Å². The summed E-state index contributed by atoms with van der Waals surface area (Å²) in [5.41, 5.74) is 2.43. The normalized spacial score (nSPS) is 25.3. The Hall–Kier alpha value is -2.92. The van der Waals surface area contributed by atoms with E-state index in [1.54, 1.807) is 45.8 Å². The van der Waals surface area contributed by atoms with Crippen LogP contribution in [-0.2, 0) is 23.8 Å². The van der Waals surface area contributed by atoms with Gasteiger partial charge in [0.05, 0.1) is 12.3 Å². The summed E-state index contributed by atoms with van der Waals surface area (Å²) in [6, 6.07) is 13.1. The Labute approximate surface area is 202 Å². The summed E-state index contributed by atoms with van der Waals surface area (Å²) in [4.78, 5) is 5.55. The zero-order valence-corrected chi connectivity index (χ0v) is 19.8. The van der Waals surface area contributed by atoms with Gasteiger partial charge in [-0.25, -0.2) is 0 Å². The molecule has 190 valence electrons. The fourth-order valence-electron chi connectivity index (χ4n) is 3.72. The number of methoxy groups -OCH3 is 3. The summed E-state index contributed by atoms with van der Waals surface area (Å²) in [6.07, 6.45) is -1.79. The Bertz CT molecular complexity index is 978. The number of halogens is 3. The Morgan fingerprint density at radius 3 is 1.80 bits per heavy atom. The zero-order valence-electron chi connectivity index (χ0n) is 19.8. The summed E-state index contributed by atoms with van der Waals surface area (Å²) in [5, 5.41) is 4.04. The van der Waals surface area contributed by atoms with Crippen LogP contribution in [0.5, 0.6) is 5.75 Å². The lowest BCUT2D eigenvalue weighted by Crippen LogP contribution is -2.59. The first-order valence-corrected chi connectivity index (χ1v) is 10.8. The van der Waals surface area contributed by atoms with Crippen LogP contribution in [0, 0.1) is 0 Å². The second kappa shape index (κ2) is 12.2. The second-order valence-corrected chi connectivity index (χ2v) is 7.77. The fourth-order valence-corrected chi connectivity index (χ4v) is 3.72. The minimum atomic E-state index is -4.71. The molecular weight excluding hydrogens is 467 g/mol. The first-order valence-electron chi connectivity index (χ1n) is 10.8. The van der Waals surface area contributed by atoms with Gasteiger partial charge in [-0.2, -0.15) is 0 Å². The molecule has 1 aliphatic rings. The minimum Gasteiger partial charge on any atom is -0.406 e. The van der Waals surface area contributed by atoms with Gasteiger partial charge in [-0.3, -0.25) is 0 Å². The third-order valence-corrected chi connectivity index (χ3v) is 5.43. The molecule has 1 aliphatic heterocycles. The quantitative estimate of drug-likeness (QED) is 0.280. The fraction of sp³-hybridized carbons (Fsp3) is 0.400. The van der Waals surface area contributed by atoms with Gasteiger partial charge >= 0.3 is 6.36 Å². The van der Waals surface area contributed by atoms with Crippen LogP contribution in [0.1, 0.15) is 23.6 Å². The second-order valence-electron chi connectivity index (χ2n) is 7.77. The van der Waals surface area contributed by atoms with Gasteiger partial charge in [-0.05, 0) is 35.7 Å². The molecule has 1 fully saturated rings. The molecule has 35 heavy (non-hydrogen) atoms. The van der Waals surface area contributed by atoms with Gasteiger partial charge in [0.2, 0.25) is 0 Å². The van der Waals surface area contributed by atoms with Crippen molar-refractivity contribution >= 4 is 18.4 Å². The van der Waals surface area contributed by atoms with Crippen molar-refractivity contribution in [1.82, 2.24) is 0 Å². The number of hydrogen-bond acceptors (Lipinski definition) is 7. The highest BCUT2D eigenvalue weighted by Crippen LogP contribution is 2.28. The Balaban J connectivity index is 1.56. The van der Waals surface area contributed by atoms with E-state index in [0.29, 0.717) is 0 Å². The Morgan fingerprint density at radius 1 is 0.771 bits per heavy atom. The third kappa shape index (κ3) is 7.53. The van der Waals surface area contributed by atoms with Gasteiger partial charge in [-0.15, -0.1) is 13.2 Å². The van der Waals surface area contributed by atoms with E-state index >= 15 is 0 Å². The monoisotopic (exact) mass is 495 g/mol. The van der Waals surface area contributed by atoms with E-state index in [-0.39, 0.29) is 24.1 Å². The SMILES string of the molecule is CO[C@@H]1[C@@H](OC)[C@H](C)O[C@@H](ON=Cc2ccc(C=Cc3ccc(OC(F)(F)F)cc3)cc2)[C@@H]1OC. The average molecular weight is 495 g/mol. The zero-order chi connectivity index (χ0) is 25.4. The van der Waals surface area contributed by atoms with E-state index in [4.69, 9.17) is 23.8 Å². The molecule has 0 aromatic heterocycles. The van der Waals surface area contributed by atoms with Crippen molar-refractivity contribution < 1.29 is 41.7 Å². The maximum Gasteiger partial charge on any atom is 0.573 e. The molecule has 0 N–H and O–H groups in total. The van der Waals surface area contributed by atoms with Crippen LogP contribution in [0.25, 0.3) is 12.2 Å². The number of hydrogen-bond donors (Lipinski definition) is 0. The number of alkyl halides is 3. The summed E-state index contributed by atoms with van der Waals surface area (Å²) in [5.74, 6) is -0.262. The number of ether oxygens (including phenoxy) is 5. The smallest absolute Gasteiger partial charge is 0.406 e. The Kier molecular flexibility index (Phi) is 9.27. The molecule has 0 aliphatic carbocycles.